The molecule has 0 aliphatic heterocycles. The number of aromatic hydroxyl groups is 1. The van der Waals surface area contributed by atoms with Crippen LogP contribution in [0.3, 0.4) is 0 Å². The third-order valence-corrected chi connectivity index (χ3v) is 3.13. The molecular formula is C12H11O3P. The predicted molar refractivity (Wildman–Crippen MR) is 64.5 cm³/mol. The summed E-state index contributed by atoms with van der Waals surface area (Å²) in [5.74, 6) is 0.131. The molecule has 3 N–H and O–H groups in total. The van der Waals surface area contributed by atoms with Crippen LogP contribution in [0.15, 0.2) is 48.5 Å². The Hall–Kier alpha value is -1.41. The average molecular weight is 234 g/mol. The van der Waals surface area contributed by atoms with Gasteiger partial charge < -0.3 is 14.9 Å². The van der Waals surface area contributed by atoms with Crippen molar-refractivity contribution in [1.29, 1.82) is 0 Å². The molecule has 82 valence electrons. The lowest BCUT2D eigenvalue weighted by Crippen LogP contribution is -2.03. The highest BCUT2D eigenvalue weighted by Gasteiger charge is 2.13. The second kappa shape index (κ2) is 4.62. The Kier molecular flexibility index (Phi) is 3.20. The first-order chi connectivity index (χ1) is 7.70. The van der Waals surface area contributed by atoms with E-state index in [0.717, 1.165) is 0 Å². The Morgan fingerprint density at radius 3 is 1.94 bits per heavy atom. The van der Waals surface area contributed by atoms with Gasteiger partial charge in [-0.15, -0.1) is 0 Å². The molecule has 0 aliphatic rings. The first kappa shape index (κ1) is 11.1. The lowest BCUT2D eigenvalue weighted by molar-refractivity contribution is 0.477. The van der Waals surface area contributed by atoms with Crippen LogP contribution in [0.25, 0.3) is 11.1 Å². The van der Waals surface area contributed by atoms with E-state index in [1.807, 2.05) is 0 Å². The van der Waals surface area contributed by atoms with Crippen LogP contribution in [-0.2, 0) is 0 Å². The first-order valence-corrected chi connectivity index (χ1v) is 6.00. The van der Waals surface area contributed by atoms with Crippen molar-refractivity contribution in [2.75, 3.05) is 0 Å². The van der Waals surface area contributed by atoms with Gasteiger partial charge in [-0.3, -0.25) is 0 Å². The highest BCUT2D eigenvalue weighted by Crippen LogP contribution is 2.33. The highest BCUT2D eigenvalue weighted by molar-refractivity contribution is 7.54. The van der Waals surface area contributed by atoms with E-state index in [1.165, 1.54) is 0 Å². The zero-order valence-corrected chi connectivity index (χ0v) is 9.30. The molecular weight excluding hydrogens is 223 g/mol. The van der Waals surface area contributed by atoms with Gasteiger partial charge in [0.25, 0.3) is 0 Å². The lowest BCUT2D eigenvalue weighted by atomic mass is 10.0. The van der Waals surface area contributed by atoms with Gasteiger partial charge in [0.15, 0.2) is 8.38 Å². The summed E-state index contributed by atoms with van der Waals surface area (Å²) in [6, 6.07) is 13.8. The molecule has 3 nitrogen and oxygen atoms in total. The summed E-state index contributed by atoms with van der Waals surface area (Å²) in [6.07, 6.45) is 0. The molecule has 0 aliphatic carbocycles. The Labute approximate surface area is 94.5 Å². The van der Waals surface area contributed by atoms with Crippen molar-refractivity contribution in [3.05, 3.63) is 48.5 Å². The fourth-order valence-electron chi connectivity index (χ4n) is 1.58. The number of benzene rings is 2. The van der Waals surface area contributed by atoms with E-state index in [1.54, 1.807) is 48.5 Å². The normalized spacial score (nSPS) is 10.7. The lowest BCUT2D eigenvalue weighted by Gasteiger charge is -2.11. The van der Waals surface area contributed by atoms with Gasteiger partial charge in [-0.2, -0.15) is 0 Å². The minimum absolute atomic E-state index is 0.131. The number of phenolic OH excluding ortho intramolecular Hbond substituents is 1. The molecule has 0 aromatic heterocycles. The number of phenols is 1. The SMILES string of the molecule is Oc1ccccc1-c1ccccc1P(O)O. The molecule has 16 heavy (non-hydrogen) atoms. The van der Waals surface area contributed by atoms with Crippen molar-refractivity contribution in [3.8, 4) is 16.9 Å². The van der Waals surface area contributed by atoms with Crippen molar-refractivity contribution < 1.29 is 14.9 Å². The van der Waals surface area contributed by atoms with Gasteiger partial charge in [0.05, 0.1) is 0 Å². The second-order valence-corrected chi connectivity index (χ2v) is 4.38. The molecule has 2 aromatic carbocycles. The van der Waals surface area contributed by atoms with Gasteiger partial charge in [-0.05, 0) is 17.7 Å². The third kappa shape index (κ3) is 2.07. The summed E-state index contributed by atoms with van der Waals surface area (Å²) in [5.41, 5.74) is 1.26. The van der Waals surface area contributed by atoms with E-state index in [-0.39, 0.29) is 5.75 Å². The molecule has 0 fully saturated rings. The van der Waals surface area contributed by atoms with E-state index in [2.05, 4.69) is 0 Å². The van der Waals surface area contributed by atoms with Crippen LogP contribution >= 0.6 is 8.38 Å². The summed E-state index contributed by atoms with van der Waals surface area (Å²) in [4.78, 5) is 18.6. The molecule has 0 unspecified atom stereocenters. The largest absolute Gasteiger partial charge is 0.507 e. The summed E-state index contributed by atoms with van der Waals surface area (Å²) in [6.45, 7) is 0. The molecule has 0 heterocycles. The smallest absolute Gasteiger partial charge is 0.200 e. The van der Waals surface area contributed by atoms with Crippen molar-refractivity contribution in [2.24, 2.45) is 0 Å². The van der Waals surface area contributed by atoms with Gasteiger partial charge in [0.2, 0.25) is 0 Å². The van der Waals surface area contributed by atoms with E-state index in [9.17, 15) is 14.9 Å². The number of hydrogen-bond acceptors (Lipinski definition) is 3. The maximum atomic E-state index is 9.71. The second-order valence-electron chi connectivity index (χ2n) is 3.32. The molecule has 2 rings (SSSR count). The van der Waals surface area contributed by atoms with Gasteiger partial charge in [-0.25, -0.2) is 0 Å². The number of rotatable bonds is 2. The highest BCUT2D eigenvalue weighted by atomic mass is 31.2. The number of hydrogen-bond donors (Lipinski definition) is 3. The topological polar surface area (TPSA) is 60.7 Å². The van der Waals surface area contributed by atoms with Crippen LogP contribution in [0.5, 0.6) is 5.75 Å². The van der Waals surface area contributed by atoms with Crippen molar-refractivity contribution in [3.63, 3.8) is 0 Å². The summed E-state index contributed by atoms with van der Waals surface area (Å²) in [5, 5.41) is 10.2. The van der Waals surface area contributed by atoms with Crippen molar-refractivity contribution in [1.82, 2.24) is 0 Å². The van der Waals surface area contributed by atoms with Crippen LogP contribution in [0.1, 0.15) is 0 Å². The van der Waals surface area contributed by atoms with Gasteiger partial charge in [0, 0.05) is 10.9 Å². The average Bonchev–Trinajstić information content (AvgIpc) is 2.29. The fourth-order valence-corrected chi connectivity index (χ4v) is 2.21. The molecule has 0 spiro atoms. The summed E-state index contributed by atoms with van der Waals surface area (Å²) in [7, 11) is -2.16. The maximum absolute atomic E-state index is 9.71. The van der Waals surface area contributed by atoms with Gasteiger partial charge in [-0.1, -0.05) is 36.4 Å². The molecule has 2 aromatic rings. The quantitative estimate of drug-likeness (QED) is 0.696. The van der Waals surface area contributed by atoms with Crippen LogP contribution in [0.4, 0.5) is 0 Å². The zero-order chi connectivity index (χ0) is 11.5. The Morgan fingerprint density at radius 2 is 1.31 bits per heavy atom. The zero-order valence-electron chi connectivity index (χ0n) is 8.41. The first-order valence-electron chi connectivity index (χ1n) is 4.75. The minimum Gasteiger partial charge on any atom is -0.507 e. The van der Waals surface area contributed by atoms with Gasteiger partial charge in [0.1, 0.15) is 5.75 Å². The van der Waals surface area contributed by atoms with E-state index >= 15 is 0 Å². The van der Waals surface area contributed by atoms with Crippen LogP contribution < -0.4 is 5.30 Å². The summed E-state index contributed by atoms with van der Waals surface area (Å²) < 4.78 is 0. The van der Waals surface area contributed by atoms with Gasteiger partial charge >= 0.3 is 0 Å². The molecule has 0 radical (unpaired) electrons. The number of para-hydroxylation sites is 1. The van der Waals surface area contributed by atoms with Crippen LogP contribution in [0.2, 0.25) is 0 Å². The van der Waals surface area contributed by atoms with E-state index in [4.69, 9.17) is 0 Å². The Balaban J connectivity index is 2.60. The maximum Gasteiger partial charge on any atom is 0.200 e. The monoisotopic (exact) mass is 234 g/mol. The van der Waals surface area contributed by atoms with Crippen LogP contribution in [-0.4, -0.2) is 14.9 Å². The predicted octanol–water partition coefficient (Wildman–Crippen LogP) is 1.98. The minimum atomic E-state index is -2.16. The molecule has 0 saturated carbocycles. The molecule has 0 bridgehead atoms. The summed E-state index contributed by atoms with van der Waals surface area (Å²) >= 11 is 0. The molecule has 0 amide bonds. The van der Waals surface area contributed by atoms with E-state index in [0.29, 0.717) is 16.4 Å². The standard InChI is InChI=1S/C12H11O3P/c13-11-7-3-1-5-9(11)10-6-2-4-8-12(10)16(14)15/h1-8,13-15H. The molecule has 4 heteroatoms. The van der Waals surface area contributed by atoms with Crippen LogP contribution in [0, 0.1) is 0 Å². The molecule has 0 saturated heterocycles. The van der Waals surface area contributed by atoms with Crippen molar-refractivity contribution in [2.45, 2.75) is 0 Å². The Bertz CT molecular complexity index is 497. The van der Waals surface area contributed by atoms with Crippen molar-refractivity contribution >= 4 is 13.7 Å². The fraction of sp³-hybridized carbons (Fsp3) is 0. The third-order valence-electron chi connectivity index (χ3n) is 2.31. The molecule has 0 atom stereocenters. The Morgan fingerprint density at radius 1 is 0.750 bits per heavy atom. The van der Waals surface area contributed by atoms with E-state index < -0.39 is 8.38 Å².